The van der Waals surface area contributed by atoms with Crippen molar-refractivity contribution >= 4 is 14.4 Å². The van der Waals surface area contributed by atoms with Gasteiger partial charge in [-0.05, 0) is 49.4 Å². The van der Waals surface area contributed by atoms with Crippen LogP contribution in [0.5, 0.6) is 0 Å². The maximum absolute atomic E-state index is 12.8. The van der Waals surface area contributed by atoms with Gasteiger partial charge >= 0.3 is 6.09 Å². The monoisotopic (exact) mass is 391 g/mol. The van der Waals surface area contributed by atoms with Gasteiger partial charge in [-0.1, -0.05) is 57.5 Å². The van der Waals surface area contributed by atoms with E-state index in [0.717, 1.165) is 18.4 Å². The van der Waals surface area contributed by atoms with Crippen molar-refractivity contribution in [3.63, 3.8) is 0 Å². The summed E-state index contributed by atoms with van der Waals surface area (Å²) in [6, 6.07) is 10.1. The van der Waals surface area contributed by atoms with Gasteiger partial charge in [-0.15, -0.1) is 0 Å². The Hall–Kier alpha value is -1.33. The van der Waals surface area contributed by atoms with Gasteiger partial charge in [0.1, 0.15) is 0 Å². The molecule has 1 fully saturated rings. The second-order valence-electron chi connectivity index (χ2n) is 9.58. The molecule has 0 spiro atoms. The molecule has 1 saturated carbocycles. The molecule has 2 rings (SSSR count). The molecule has 5 heteroatoms. The van der Waals surface area contributed by atoms with Crippen molar-refractivity contribution in [2.24, 2.45) is 5.92 Å². The lowest BCUT2D eigenvalue weighted by atomic mass is 9.71. The summed E-state index contributed by atoms with van der Waals surface area (Å²) >= 11 is 0. The molecule has 152 valence electrons. The smallest absolute Gasteiger partial charge is 0.410 e. The highest BCUT2D eigenvalue weighted by Gasteiger charge is 2.48. The van der Waals surface area contributed by atoms with Crippen LogP contribution in [0.3, 0.4) is 0 Å². The summed E-state index contributed by atoms with van der Waals surface area (Å²) in [7, 11) is -0.442. The molecule has 1 aromatic rings. The zero-order chi connectivity index (χ0) is 20.3. The topological polar surface area (TPSA) is 38.8 Å². The van der Waals surface area contributed by atoms with Crippen LogP contribution < -0.4 is 0 Å². The van der Waals surface area contributed by atoms with Gasteiger partial charge in [0.2, 0.25) is 0 Å². The number of nitrogens with zero attached hydrogens (tertiary/aromatic N) is 1. The van der Waals surface area contributed by atoms with Crippen LogP contribution in [-0.2, 0) is 15.7 Å². The van der Waals surface area contributed by atoms with E-state index in [1.54, 1.807) is 0 Å². The summed E-state index contributed by atoms with van der Waals surface area (Å²) in [5.41, 5.74) is 0.747. The molecule has 27 heavy (non-hydrogen) atoms. The summed E-state index contributed by atoms with van der Waals surface area (Å²) in [5.74, 6) is 0.449. The van der Waals surface area contributed by atoms with Crippen LogP contribution in [0.1, 0.15) is 52.5 Å². The fourth-order valence-electron chi connectivity index (χ4n) is 3.32. The Kier molecular flexibility index (Phi) is 6.80. The third-order valence-electron chi connectivity index (χ3n) is 6.71. The molecule has 1 atom stereocenters. The second-order valence-corrected chi connectivity index (χ2v) is 14.4. The average molecular weight is 392 g/mol. The first-order valence-corrected chi connectivity index (χ1v) is 13.0. The Morgan fingerprint density at radius 2 is 1.74 bits per heavy atom. The highest BCUT2D eigenvalue weighted by molar-refractivity contribution is 6.74. The number of hydrogen-bond acceptors (Lipinski definition) is 3. The van der Waals surface area contributed by atoms with Gasteiger partial charge in [-0.2, -0.15) is 0 Å². The van der Waals surface area contributed by atoms with E-state index in [1.807, 2.05) is 23.1 Å². The molecule has 0 unspecified atom stereocenters. The second kappa shape index (κ2) is 8.35. The molecule has 4 nitrogen and oxygen atoms in total. The summed E-state index contributed by atoms with van der Waals surface area (Å²) in [4.78, 5) is 14.7. The van der Waals surface area contributed by atoms with Crippen molar-refractivity contribution in [1.82, 2.24) is 4.90 Å². The minimum Gasteiger partial charge on any atom is -0.453 e. The number of rotatable bonds is 7. The molecule has 0 bridgehead atoms. The van der Waals surface area contributed by atoms with Gasteiger partial charge in [0.25, 0.3) is 0 Å². The Bertz CT molecular complexity index is 622. The van der Waals surface area contributed by atoms with Crippen LogP contribution in [-0.4, -0.2) is 38.6 Å². The van der Waals surface area contributed by atoms with Crippen molar-refractivity contribution in [1.29, 1.82) is 0 Å². The van der Waals surface area contributed by atoms with Gasteiger partial charge in [0.15, 0.2) is 8.32 Å². The van der Waals surface area contributed by atoms with Crippen LogP contribution in [0.15, 0.2) is 30.3 Å². The number of amides is 1. The van der Waals surface area contributed by atoms with Crippen LogP contribution >= 0.6 is 0 Å². The van der Waals surface area contributed by atoms with Gasteiger partial charge < -0.3 is 9.16 Å². The minimum absolute atomic E-state index is 0.142. The lowest BCUT2D eigenvalue weighted by molar-refractivity contribution is -0.0250. The Morgan fingerprint density at radius 3 is 2.19 bits per heavy atom. The maximum Gasteiger partial charge on any atom is 0.410 e. The molecule has 0 aromatic heterocycles. The predicted molar refractivity (Wildman–Crippen MR) is 113 cm³/mol. The molecular formula is C22H37NO3Si. The van der Waals surface area contributed by atoms with Crippen molar-refractivity contribution in [3.05, 3.63) is 35.9 Å². The number of benzene rings is 1. The number of hydrogen-bond donors (Lipinski definition) is 0. The lowest BCUT2D eigenvalue weighted by Gasteiger charge is -2.51. The van der Waals surface area contributed by atoms with Gasteiger partial charge in [-0.3, -0.25) is 4.90 Å². The molecule has 0 saturated heterocycles. The van der Waals surface area contributed by atoms with Crippen molar-refractivity contribution in [2.45, 2.75) is 77.2 Å². The zero-order valence-electron chi connectivity index (χ0n) is 18.2. The quantitative estimate of drug-likeness (QED) is 0.548. The normalized spacial score (nSPS) is 17.7. The number of methoxy groups -OCH3 is 1. The Labute approximate surface area is 166 Å². The zero-order valence-corrected chi connectivity index (χ0v) is 19.2. The highest BCUT2D eigenvalue weighted by Crippen LogP contribution is 2.43. The molecular weight excluding hydrogens is 354 g/mol. The summed E-state index contributed by atoms with van der Waals surface area (Å²) in [5, 5.41) is 0.142. The molecule has 1 aliphatic rings. The van der Waals surface area contributed by atoms with E-state index in [-0.39, 0.29) is 16.7 Å². The Balaban J connectivity index is 2.30. The standard InChI is InChI=1S/C22H37NO3Si/c1-21(2,3)27(6,7)26-17-22(4,19-14-11-15-19)23(20(24)25-5)16-18-12-9-8-10-13-18/h8-10,12-13,19H,11,14-17H2,1-7H3/t22-/m1/s1. The number of carbonyl (C=O) groups is 1. The average Bonchev–Trinajstić information content (AvgIpc) is 2.55. The van der Waals surface area contributed by atoms with Crippen molar-refractivity contribution < 1.29 is 14.0 Å². The van der Waals surface area contributed by atoms with E-state index in [2.05, 4.69) is 52.9 Å². The SMILES string of the molecule is COC(=O)N(Cc1ccccc1)[C@](C)(CO[Si](C)(C)C(C)(C)C)C1CCC1. The maximum atomic E-state index is 12.8. The first-order chi connectivity index (χ1) is 12.5. The minimum atomic E-state index is -1.91. The van der Waals surface area contributed by atoms with Crippen LogP contribution in [0, 0.1) is 5.92 Å². The molecule has 0 aliphatic heterocycles. The van der Waals surface area contributed by atoms with Gasteiger partial charge in [0, 0.05) is 6.54 Å². The molecule has 1 aliphatic carbocycles. The third kappa shape index (κ3) is 4.94. The number of ether oxygens (including phenoxy) is 1. The number of carbonyl (C=O) groups excluding carboxylic acids is 1. The first kappa shape index (κ1) is 22.0. The largest absolute Gasteiger partial charge is 0.453 e. The molecule has 0 radical (unpaired) electrons. The van der Waals surface area contributed by atoms with E-state index in [0.29, 0.717) is 19.1 Å². The Morgan fingerprint density at radius 1 is 1.15 bits per heavy atom. The van der Waals surface area contributed by atoms with Crippen LogP contribution in [0.25, 0.3) is 0 Å². The summed E-state index contributed by atoms with van der Waals surface area (Å²) in [6.07, 6.45) is 3.23. The molecule has 0 heterocycles. The summed E-state index contributed by atoms with van der Waals surface area (Å²) in [6.45, 7) is 14.6. The van der Waals surface area contributed by atoms with E-state index >= 15 is 0 Å². The van der Waals surface area contributed by atoms with Gasteiger partial charge in [0.05, 0.1) is 19.3 Å². The fraction of sp³-hybridized carbons (Fsp3) is 0.682. The van der Waals surface area contributed by atoms with E-state index in [9.17, 15) is 4.79 Å². The van der Waals surface area contributed by atoms with E-state index in [4.69, 9.17) is 9.16 Å². The van der Waals surface area contributed by atoms with E-state index < -0.39 is 8.32 Å². The lowest BCUT2D eigenvalue weighted by Crippen LogP contribution is -2.60. The molecule has 0 N–H and O–H groups in total. The van der Waals surface area contributed by atoms with Crippen molar-refractivity contribution in [3.8, 4) is 0 Å². The highest BCUT2D eigenvalue weighted by atomic mass is 28.4. The fourth-order valence-corrected chi connectivity index (χ4v) is 4.41. The molecule has 1 amide bonds. The van der Waals surface area contributed by atoms with Crippen LogP contribution in [0.4, 0.5) is 4.79 Å². The van der Waals surface area contributed by atoms with Crippen molar-refractivity contribution in [2.75, 3.05) is 13.7 Å². The van der Waals surface area contributed by atoms with Crippen LogP contribution in [0.2, 0.25) is 18.1 Å². The summed E-state index contributed by atoms with van der Waals surface area (Å²) < 4.78 is 11.8. The van der Waals surface area contributed by atoms with Gasteiger partial charge in [-0.25, -0.2) is 4.79 Å². The van der Waals surface area contributed by atoms with E-state index in [1.165, 1.54) is 13.5 Å². The third-order valence-corrected chi connectivity index (χ3v) is 11.2. The molecule has 1 aromatic carbocycles. The first-order valence-electron chi connectivity index (χ1n) is 10.0. The predicted octanol–water partition coefficient (Wildman–Crippen LogP) is 5.84.